The van der Waals surface area contributed by atoms with Crippen LogP contribution < -0.4 is 5.32 Å². The second-order valence-corrected chi connectivity index (χ2v) is 4.82. The zero-order valence-corrected chi connectivity index (χ0v) is 13.4. The van der Waals surface area contributed by atoms with Gasteiger partial charge in [-0.05, 0) is 32.4 Å². The van der Waals surface area contributed by atoms with Gasteiger partial charge in [-0.15, -0.1) is 0 Å². The summed E-state index contributed by atoms with van der Waals surface area (Å²) in [6, 6.07) is 9.58. The fourth-order valence-corrected chi connectivity index (χ4v) is 1.88. The average Bonchev–Trinajstić information content (AvgIpc) is 2.53. The van der Waals surface area contributed by atoms with Crippen molar-refractivity contribution in [3.8, 4) is 0 Å². The summed E-state index contributed by atoms with van der Waals surface area (Å²) in [5, 5.41) is 2.67. The largest absolute Gasteiger partial charge is 0.442 e. The van der Waals surface area contributed by atoms with E-state index in [9.17, 15) is 9.59 Å². The number of alkyl carbamates (subject to hydrolysis) is 1. The molecule has 120 valence electrons. The van der Waals surface area contributed by atoms with Gasteiger partial charge in [0.2, 0.25) is 5.91 Å². The Morgan fingerprint density at radius 1 is 1.23 bits per heavy atom. The molecule has 0 fully saturated rings. The molecule has 0 aliphatic heterocycles. The summed E-state index contributed by atoms with van der Waals surface area (Å²) in [7, 11) is 0. The Labute approximate surface area is 132 Å². The van der Waals surface area contributed by atoms with Gasteiger partial charge in [-0.2, -0.15) is 0 Å². The number of rotatable bonds is 7. The molecule has 0 spiro atoms. The van der Waals surface area contributed by atoms with E-state index in [-0.39, 0.29) is 5.91 Å². The van der Waals surface area contributed by atoms with Crippen molar-refractivity contribution < 1.29 is 14.3 Å². The molecule has 0 heterocycles. The van der Waals surface area contributed by atoms with Gasteiger partial charge in [0.1, 0.15) is 6.10 Å². The van der Waals surface area contributed by atoms with Crippen LogP contribution in [0, 0.1) is 0 Å². The Kier molecular flexibility index (Phi) is 7.75. The van der Waals surface area contributed by atoms with Gasteiger partial charge in [0.25, 0.3) is 0 Å². The highest BCUT2D eigenvalue weighted by Gasteiger charge is 2.09. The summed E-state index contributed by atoms with van der Waals surface area (Å²) >= 11 is 0. The molecule has 1 rings (SSSR count). The SMILES string of the molecule is CCN(CC)C(=O)C=CC(C)OC(=O)NCc1ccccc1. The van der Waals surface area contributed by atoms with Crippen molar-refractivity contribution in [1.82, 2.24) is 10.2 Å². The van der Waals surface area contributed by atoms with Crippen LogP contribution in [0.25, 0.3) is 0 Å². The molecular formula is C17H24N2O3. The van der Waals surface area contributed by atoms with E-state index in [0.717, 1.165) is 5.56 Å². The number of hydrogen-bond donors (Lipinski definition) is 1. The molecule has 2 amide bonds. The first kappa shape index (κ1) is 17.8. The number of amides is 2. The molecule has 0 saturated carbocycles. The number of ether oxygens (including phenoxy) is 1. The number of nitrogens with zero attached hydrogens (tertiary/aromatic N) is 1. The van der Waals surface area contributed by atoms with E-state index in [1.165, 1.54) is 6.08 Å². The Morgan fingerprint density at radius 3 is 2.45 bits per heavy atom. The molecule has 5 heteroatoms. The second-order valence-electron chi connectivity index (χ2n) is 4.82. The Bertz CT molecular complexity index is 496. The predicted octanol–water partition coefficient (Wildman–Crippen LogP) is 2.73. The normalized spacial score (nSPS) is 12.0. The van der Waals surface area contributed by atoms with E-state index in [0.29, 0.717) is 19.6 Å². The van der Waals surface area contributed by atoms with Crippen LogP contribution in [0.4, 0.5) is 4.79 Å². The molecule has 5 nitrogen and oxygen atoms in total. The van der Waals surface area contributed by atoms with Gasteiger partial charge in [-0.3, -0.25) is 4.79 Å². The van der Waals surface area contributed by atoms with Crippen LogP contribution in [0.5, 0.6) is 0 Å². The van der Waals surface area contributed by atoms with E-state index in [1.807, 2.05) is 44.2 Å². The minimum atomic E-state index is -0.503. The van der Waals surface area contributed by atoms with Crippen molar-refractivity contribution in [2.24, 2.45) is 0 Å². The van der Waals surface area contributed by atoms with Crippen LogP contribution in [0.3, 0.4) is 0 Å². The Balaban J connectivity index is 2.36. The van der Waals surface area contributed by atoms with Crippen molar-refractivity contribution >= 4 is 12.0 Å². The van der Waals surface area contributed by atoms with Gasteiger partial charge in [-0.1, -0.05) is 30.3 Å². The molecule has 0 bridgehead atoms. The van der Waals surface area contributed by atoms with Crippen molar-refractivity contribution in [3.63, 3.8) is 0 Å². The third kappa shape index (κ3) is 6.43. The topological polar surface area (TPSA) is 58.6 Å². The number of carbonyl (C=O) groups excluding carboxylic acids is 2. The summed E-state index contributed by atoms with van der Waals surface area (Å²) in [4.78, 5) is 25.1. The van der Waals surface area contributed by atoms with Crippen LogP contribution in [-0.2, 0) is 16.1 Å². The summed E-state index contributed by atoms with van der Waals surface area (Å²) in [6.07, 6.45) is 2.07. The maximum absolute atomic E-state index is 11.8. The molecule has 0 radical (unpaired) electrons. The highest BCUT2D eigenvalue weighted by Crippen LogP contribution is 2.00. The molecule has 0 aliphatic rings. The summed E-state index contributed by atoms with van der Waals surface area (Å²) in [6.45, 7) is 7.29. The van der Waals surface area contributed by atoms with Crippen molar-refractivity contribution in [2.75, 3.05) is 13.1 Å². The maximum atomic E-state index is 11.8. The first-order chi connectivity index (χ1) is 10.6. The van der Waals surface area contributed by atoms with Gasteiger partial charge < -0.3 is 15.0 Å². The van der Waals surface area contributed by atoms with Gasteiger partial charge in [0, 0.05) is 25.7 Å². The van der Waals surface area contributed by atoms with Gasteiger partial charge in [0.05, 0.1) is 0 Å². The highest BCUT2D eigenvalue weighted by molar-refractivity contribution is 5.87. The van der Waals surface area contributed by atoms with E-state index >= 15 is 0 Å². The van der Waals surface area contributed by atoms with Crippen LogP contribution >= 0.6 is 0 Å². The molecule has 1 N–H and O–H groups in total. The highest BCUT2D eigenvalue weighted by atomic mass is 16.6. The summed E-state index contributed by atoms with van der Waals surface area (Å²) in [5.41, 5.74) is 0.999. The Morgan fingerprint density at radius 2 is 1.86 bits per heavy atom. The van der Waals surface area contributed by atoms with E-state index in [2.05, 4.69) is 5.32 Å². The quantitative estimate of drug-likeness (QED) is 0.788. The number of hydrogen-bond acceptors (Lipinski definition) is 3. The third-order valence-electron chi connectivity index (χ3n) is 3.16. The van der Waals surface area contributed by atoms with Crippen molar-refractivity contribution in [3.05, 3.63) is 48.0 Å². The summed E-state index contributed by atoms with van der Waals surface area (Å²) in [5.74, 6) is -0.0786. The van der Waals surface area contributed by atoms with Crippen molar-refractivity contribution in [1.29, 1.82) is 0 Å². The average molecular weight is 304 g/mol. The fraction of sp³-hybridized carbons (Fsp3) is 0.412. The monoisotopic (exact) mass is 304 g/mol. The van der Waals surface area contributed by atoms with Crippen molar-refractivity contribution in [2.45, 2.75) is 33.4 Å². The first-order valence-electron chi connectivity index (χ1n) is 7.52. The molecule has 1 unspecified atom stereocenters. The van der Waals surface area contributed by atoms with E-state index < -0.39 is 12.2 Å². The number of benzene rings is 1. The summed E-state index contributed by atoms with van der Waals surface area (Å²) < 4.78 is 5.16. The predicted molar refractivity (Wildman–Crippen MR) is 86.3 cm³/mol. The molecule has 1 atom stereocenters. The van der Waals surface area contributed by atoms with Gasteiger partial charge in [-0.25, -0.2) is 4.79 Å². The molecule has 22 heavy (non-hydrogen) atoms. The lowest BCUT2D eigenvalue weighted by Crippen LogP contribution is -2.29. The fourth-order valence-electron chi connectivity index (χ4n) is 1.88. The van der Waals surface area contributed by atoms with Crippen LogP contribution in [0.2, 0.25) is 0 Å². The lowest BCUT2D eigenvalue weighted by Gasteiger charge is -2.16. The Hall–Kier alpha value is -2.30. The van der Waals surface area contributed by atoms with Crippen LogP contribution in [0.1, 0.15) is 26.3 Å². The van der Waals surface area contributed by atoms with Crippen LogP contribution in [-0.4, -0.2) is 36.1 Å². The first-order valence-corrected chi connectivity index (χ1v) is 7.52. The lowest BCUT2D eigenvalue weighted by atomic mass is 10.2. The standard InChI is InChI=1S/C17H24N2O3/c1-4-19(5-2)16(20)12-11-14(3)22-17(21)18-13-15-9-7-6-8-10-15/h6-12,14H,4-5,13H2,1-3H3,(H,18,21). The number of nitrogens with one attached hydrogen (secondary N) is 1. The second kappa shape index (κ2) is 9.60. The zero-order valence-electron chi connectivity index (χ0n) is 13.4. The number of likely N-dealkylation sites (N-methyl/N-ethyl adjacent to an activating group) is 1. The molecule has 0 aliphatic carbocycles. The minimum Gasteiger partial charge on any atom is -0.442 e. The van der Waals surface area contributed by atoms with Crippen LogP contribution in [0.15, 0.2) is 42.5 Å². The van der Waals surface area contributed by atoms with E-state index in [4.69, 9.17) is 4.74 Å². The third-order valence-corrected chi connectivity index (χ3v) is 3.16. The molecular weight excluding hydrogens is 280 g/mol. The number of carbonyl (C=O) groups is 2. The van der Waals surface area contributed by atoms with Gasteiger partial charge in [0.15, 0.2) is 0 Å². The van der Waals surface area contributed by atoms with E-state index in [1.54, 1.807) is 17.9 Å². The molecule has 1 aromatic rings. The maximum Gasteiger partial charge on any atom is 0.407 e. The molecule has 1 aromatic carbocycles. The smallest absolute Gasteiger partial charge is 0.407 e. The lowest BCUT2D eigenvalue weighted by molar-refractivity contribution is -0.125. The minimum absolute atomic E-state index is 0.0786. The molecule has 0 aromatic heterocycles. The molecule has 0 saturated heterocycles. The van der Waals surface area contributed by atoms with Gasteiger partial charge >= 0.3 is 6.09 Å². The zero-order chi connectivity index (χ0) is 16.4.